The highest BCUT2D eigenvalue weighted by Crippen LogP contribution is 2.27. The van der Waals surface area contributed by atoms with Gasteiger partial charge in [-0.05, 0) is 24.6 Å². The molecule has 0 atom stereocenters. The van der Waals surface area contributed by atoms with Gasteiger partial charge in [0.25, 0.3) is 5.91 Å². The number of thiophene rings is 1. The predicted octanol–water partition coefficient (Wildman–Crippen LogP) is 3.11. The van der Waals surface area contributed by atoms with Gasteiger partial charge in [-0.3, -0.25) is 4.79 Å². The number of ether oxygens (including phenoxy) is 1. The molecule has 21 heavy (non-hydrogen) atoms. The van der Waals surface area contributed by atoms with Gasteiger partial charge in [0.15, 0.2) is 6.61 Å². The lowest BCUT2D eigenvalue weighted by Crippen LogP contribution is -2.29. The molecule has 1 N–H and O–H groups in total. The van der Waals surface area contributed by atoms with E-state index in [0.29, 0.717) is 16.6 Å². The third-order valence-electron chi connectivity index (χ3n) is 2.90. The Labute approximate surface area is 125 Å². The maximum absolute atomic E-state index is 13.5. The van der Waals surface area contributed by atoms with Crippen molar-refractivity contribution in [1.82, 2.24) is 5.32 Å². The number of carbonyl (C=O) groups is 2. The van der Waals surface area contributed by atoms with E-state index in [4.69, 9.17) is 4.74 Å². The number of esters is 1. The monoisotopic (exact) mass is 309 g/mol. The van der Waals surface area contributed by atoms with Gasteiger partial charge >= 0.3 is 5.97 Å². The Morgan fingerprint density at radius 2 is 2.19 bits per heavy atom. The van der Waals surface area contributed by atoms with Crippen molar-refractivity contribution in [3.8, 4) is 0 Å². The molecular weight excluding hydrogens is 293 g/mol. The number of nitrogens with one attached hydrogen (secondary N) is 1. The first-order valence-corrected chi connectivity index (χ1v) is 7.55. The van der Waals surface area contributed by atoms with Crippen LogP contribution >= 0.6 is 11.3 Å². The number of fused-ring (bicyclic) bond motifs is 1. The second-order valence-corrected chi connectivity index (χ2v) is 5.63. The van der Waals surface area contributed by atoms with Crippen molar-refractivity contribution in [2.24, 2.45) is 0 Å². The summed E-state index contributed by atoms with van der Waals surface area (Å²) in [5, 5.41) is 3.04. The molecule has 0 saturated carbocycles. The molecule has 0 saturated heterocycles. The van der Waals surface area contributed by atoms with Crippen molar-refractivity contribution in [2.45, 2.75) is 19.8 Å². The average molecular weight is 309 g/mol. The zero-order valence-corrected chi connectivity index (χ0v) is 12.5. The molecule has 1 amide bonds. The summed E-state index contributed by atoms with van der Waals surface area (Å²) in [5.74, 6) is -1.31. The van der Waals surface area contributed by atoms with E-state index in [1.165, 1.54) is 12.1 Å². The van der Waals surface area contributed by atoms with Crippen molar-refractivity contribution in [1.29, 1.82) is 0 Å². The number of hydrogen-bond acceptors (Lipinski definition) is 4. The van der Waals surface area contributed by atoms with Crippen molar-refractivity contribution in [3.63, 3.8) is 0 Å². The molecule has 2 aromatic rings. The molecule has 0 aliphatic heterocycles. The molecule has 1 heterocycles. The van der Waals surface area contributed by atoms with E-state index >= 15 is 0 Å². The van der Waals surface area contributed by atoms with Crippen LogP contribution in [0.3, 0.4) is 0 Å². The fraction of sp³-hybridized carbons (Fsp3) is 0.333. The fourth-order valence-electron chi connectivity index (χ4n) is 1.78. The number of carbonyl (C=O) groups excluding carboxylic acids is 2. The minimum Gasteiger partial charge on any atom is -0.451 e. The second kappa shape index (κ2) is 7.17. The molecule has 0 aliphatic rings. The predicted molar refractivity (Wildman–Crippen MR) is 80.0 cm³/mol. The van der Waals surface area contributed by atoms with Crippen LogP contribution in [0.25, 0.3) is 10.1 Å². The van der Waals surface area contributed by atoms with Crippen LogP contribution in [0.4, 0.5) is 4.39 Å². The molecule has 2 rings (SSSR count). The minimum atomic E-state index is -0.610. The maximum Gasteiger partial charge on any atom is 0.348 e. The van der Waals surface area contributed by atoms with Crippen molar-refractivity contribution < 1.29 is 18.7 Å². The van der Waals surface area contributed by atoms with E-state index in [2.05, 4.69) is 5.32 Å². The summed E-state index contributed by atoms with van der Waals surface area (Å²) in [6.45, 7) is 2.27. The van der Waals surface area contributed by atoms with E-state index in [-0.39, 0.29) is 23.2 Å². The molecule has 0 aliphatic carbocycles. The Hall–Kier alpha value is -1.95. The SMILES string of the molecule is CCCCNC(=O)COC(=O)c1cc2c(F)cccc2s1. The van der Waals surface area contributed by atoms with Gasteiger partial charge in [-0.1, -0.05) is 19.4 Å². The molecule has 4 nitrogen and oxygen atoms in total. The zero-order valence-electron chi connectivity index (χ0n) is 11.6. The highest BCUT2D eigenvalue weighted by atomic mass is 32.1. The first-order valence-electron chi connectivity index (χ1n) is 6.73. The highest BCUT2D eigenvalue weighted by Gasteiger charge is 2.14. The Balaban J connectivity index is 1.93. The zero-order chi connectivity index (χ0) is 15.2. The Morgan fingerprint density at radius 1 is 1.38 bits per heavy atom. The summed E-state index contributed by atoms with van der Waals surface area (Å²) in [7, 11) is 0. The summed E-state index contributed by atoms with van der Waals surface area (Å²) in [4.78, 5) is 23.6. The van der Waals surface area contributed by atoms with Crippen LogP contribution < -0.4 is 5.32 Å². The maximum atomic E-state index is 13.5. The summed E-state index contributed by atoms with van der Waals surface area (Å²) in [6, 6.07) is 6.11. The molecule has 112 valence electrons. The van der Waals surface area contributed by atoms with Crippen LogP contribution in [0.2, 0.25) is 0 Å². The molecule has 0 bridgehead atoms. The van der Waals surface area contributed by atoms with Crippen molar-refractivity contribution >= 4 is 33.3 Å². The Morgan fingerprint density at radius 3 is 2.90 bits per heavy atom. The summed E-state index contributed by atoms with van der Waals surface area (Å²) >= 11 is 1.15. The van der Waals surface area contributed by atoms with Crippen LogP contribution in [0.5, 0.6) is 0 Å². The van der Waals surface area contributed by atoms with Crippen LogP contribution in [0.15, 0.2) is 24.3 Å². The molecule has 0 unspecified atom stereocenters. The van der Waals surface area contributed by atoms with Gasteiger partial charge in [0, 0.05) is 16.6 Å². The van der Waals surface area contributed by atoms with Gasteiger partial charge in [0.2, 0.25) is 0 Å². The lowest BCUT2D eigenvalue weighted by molar-refractivity contribution is -0.124. The number of unbranched alkanes of at least 4 members (excludes halogenated alkanes) is 1. The number of benzene rings is 1. The standard InChI is InChI=1S/C15H16FNO3S/c1-2-3-7-17-14(18)9-20-15(19)13-8-10-11(16)5-4-6-12(10)21-13/h4-6,8H,2-3,7,9H2,1H3,(H,17,18). The number of halogens is 1. The summed E-state index contributed by atoms with van der Waals surface area (Å²) < 4.78 is 19.1. The molecule has 0 radical (unpaired) electrons. The van der Waals surface area contributed by atoms with Gasteiger partial charge in [-0.2, -0.15) is 0 Å². The third-order valence-corrected chi connectivity index (χ3v) is 3.98. The van der Waals surface area contributed by atoms with Crippen LogP contribution in [-0.4, -0.2) is 25.0 Å². The van der Waals surface area contributed by atoms with Gasteiger partial charge < -0.3 is 10.1 Å². The largest absolute Gasteiger partial charge is 0.451 e. The van der Waals surface area contributed by atoms with Gasteiger partial charge in [-0.25, -0.2) is 9.18 Å². The van der Waals surface area contributed by atoms with E-state index in [1.54, 1.807) is 12.1 Å². The van der Waals surface area contributed by atoms with Gasteiger partial charge in [0.1, 0.15) is 10.7 Å². The Kier molecular flexibility index (Phi) is 5.27. The average Bonchev–Trinajstić information content (AvgIpc) is 2.91. The summed E-state index contributed by atoms with van der Waals surface area (Å²) in [5.41, 5.74) is 0. The highest BCUT2D eigenvalue weighted by molar-refractivity contribution is 7.20. The molecule has 1 aromatic heterocycles. The molecular formula is C15H16FNO3S. The van der Waals surface area contributed by atoms with E-state index < -0.39 is 5.97 Å². The number of amides is 1. The topological polar surface area (TPSA) is 55.4 Å². The van der Waals surface area contributed by atoms with E-state index in [0.717, 1.165) is 24.2 Å². The number of hydrogen-bond donors (Lipinski definition) is 1. The quantitative estimate of drug-likeness (QED) is 0.659. The van der Waals surface area contributed by atoms with Gasteiger partial charge in [-0.15, -0.1) is 11.3 Å². The lowest BCUT2D eigenvalue weighted by Gasteiger charge is -2.04. The van der Waals surface area contributed by atoms with Crippen LogP contribution in [-0.2, 0) is 9.53 Å². The van der Waals surface area contributed by atoms with Gasteiger partial charge in [0.05, 0.1) is 0 Å². The minimum absolute atomic E-state index is 0.288. The third kappa shape index (κ3) is 4.01. The van der Waals surface area contributed by atoms with Crippen molar-refractivity contribution in [2.75, 3.05) is 13.2 Å². The van der Waals surface area contributed by atoms with Crippen LogP contribution in [0, 0.1) is 5.82 Å². The first kappa shape index (κ1) is 15.4. The van der Waals surface area contributed by atoms with E-state index in [9.17, 15) is 14.0 Å². The van der Waals surface area contributed by atoms with E-state index in [1.807, 2.05) is 6.92 Å². The Bertz CT molecular complexity index is 653. The fourth-order valence-corrected chi connectivity index (χ4v) is 2.75. The molecule has 0 spiro atoms. The molecule has 0 fully saturated rings. The second-order valence-electron chi connectivity index (χ2n) is 4.54. The smallest absolute Gasteiger partial charge is 0.348 e. The molecule has 6 heteroatoms. The summed E-state index contributed by atoms with van der Waals surface area (Å²) in [6.07, 6.45) is 1.86. The number of rotatable bonds is 6. The van der Waals surface area contributed by atoms with Crippen molar-refractivity contribution in [3.05, 3.63) is 35.0 Å². The first-order chi connectivity index (χ1) is 10.1. The normalized spacial score (nSPS) is 10.6. The lowest BCUT2D eigenvalue weighted by atomic mass is 10.2. The molecule has 1 aromatic carbocycles. The van der Waals surface area contributed by atoms with Crippen LogP contribution in [0.1, 0.15) is 29.4 Å².